The standard InChI is InChI=1S/C10H18O6/c1-5(2)9(15,7(11)12)10(16,6(3)4)8(13)14/h5-6,15-16H,1-4H3,(H,11,12)(H,13,14)/p-2. The van der Waals surface area contributed by atoms with Crippen molar-refractivity contribution < 1.29 is 30.0 Å². The van der Waals surface area contributed by atoms with Crippen molar-refractivity contribution in [1.82, 2.24) is 0 Å². The van der Waals surface area contributed by atoms with Gasteiger partial charge in [-0.05, 0) is 11.8 Å². The molecule has 0 fully saturated rings. The van der Waals surface area contributed by atoms with Crippen LogP contribution in [-0.4, -0.2) is 33.4 Å². The van der Waals surface area contributed by atoms with Crippen molar-refractivity contribution in [3.63, 3.8) is 0 Å². The average Bonchev–Trinajstić information content (AvgIpc) is 2.13. The molecule has 6 nitrogen and oxygen atoms in total. The van der Waals surface area contributed by atoms with Gasteiger partial charge in [-0.3, -0.25) is 0 Å². The second-order valence-corrected chi connectivity index (χ2v) is 4.42. The van der Waals surface area contributed by atoms with Crippen LogP contribution in [0.1, 0.15) is 27.7 Å². The highest BCUT2D eigenvalue weighted by Crippen LogP contribution is 2.35. The lowest BCUT2D eigenvalue weighted by Crippen LogP contribution is -2.74. The van der Waals surface area contributed by atoms with Gasteiger partial charge in [0.15, 0.2) is 0 Å². The van der Waals surface area contributed by atoms with Crippen LogP contribution in [0.3, 0.4) is 0 Å². The van der Waals surface area contributed by atoms with Crippen LogP contribution in [0.4, 0.5) is 0 Å². The minimum Gasteiger partial charge on any atom is -0.547 e. The maximum absolute atomic E-state index is 10.9. The van der Waals surface area contributed by atoms with E-state index in [1.54, 1.807) is 0 Å². The van der Waals surface area contributed by atoms with Gasteiger partial charge in [0.05, 0.1) is 11.9 Å². The molecule has 0 radical (unpaired) electrons. The van der Waals surface area contributed by atoms with Crippen LogP contribution < -0.4 is 10.2 Å². The van der Waals surface area contributed by atoms with E-state index in [0.717, 1.165) is 0 Å². The van der Waals surface area contributed by atoms with E-state index in [-0.39, 0.29) is 0 Å². The van der Waals surface area contributed by atoms with E-state index >= 15 is 0 Å². The Bertz CT molecular complexity index is 268. The Morgan fingerprint density at radius 1 is 0.875 bits per heavy atom. The van der Waals surface area contributed by atoms with E-state index in [9.17, 15) is 30.0 Å². The van der Waals surface area contributed by atoms with Gasteiger partial charge < -0.3 is 30.0 Å². The summed E-state index contributed by atoms with van der Waals surface area (Å²) in [5.74, 6) is -6.18. The van der Waals surface area contributed by atoms with Crippen LogP contribution in [0.5, 0.6) is 0 Å². The van der Waals surface area contributed by atoms with Crippen molar-refractivity contribution in [2.24, 2.45) is 11.8 Å². The minimum absolute atomic E-state index is 1.05. The molecule has 2 unspecified atom stereocenters. The summed E-state index contributed by atoms with van der Waals surface area (Å²) in [5.41, 5.74) is -5.81. The molecule has 6 heteroatoms. The molecule has 0 spiro atoms. The maximum Gasteiger partial charge on any atom is 0.140 e. The summed E-state index contributed by atoms with van der Waals surface area (Å²) in [5, 5.41) is 41.6. The Morgan fingerprint density at radius 3 is 1.12 bits per heavy atom. The average molecular weight is 232 g/mol. The monoisotopic (exact) mass is 232 g/mol. The SMILES string of the molecule is CC(C)C(O)(C(=O)[O-])C(O)(C(=O)[O-])C(C)C. The van der Waals surface area contributed by atoms with Crippen LogP contribution >= 0.6 is 0 Å². The molecule has 0 saturated heterocycles. The summed E-state index contributed by atoms with van der Waals surface area (Å²) in [6.45, 7) is 5.08. The van der Waals surface area contributed by atoms with Gasteiger partial charge in [0.25, 0.3) is 0 Å². The van der Waals surface area contributed by atoms with Gasteiger partial charge in [-0.1, -0.05) is 27.7 Å². The zero-order valence-electron chi connectivity index (χ0n) is 9.68. The molecule has 94 valence electrons. The predicted octanol–water partition coefficient (Wildman–Crippen LogP) is -2.74. The molecule has 2 N–H and O–H groups in total. The number of hydrogen-bond acceptors (Lipinski definition) is 6. The first-order chi connectivity index (χ1) is 7.02. The van der Waals surface area contributed by atoms with Gasteiger partial charge in [-0.25, -0.2) is 0 Å². The number of carboxylic acid groups (broad SMARTS) is 2. The first-order valence-electron chi connectivity index (χ1n) is 4.90. The number of carbonyl (C=O) groups is 2. The van der Waals surface area contributed by atoms with Crippen LogP contribution in [0.25, 0.3) is 0 Å². The molecule has 0 bridgehead atoms. The molecular weight excluding hydrogens is 216 g/mol. The van der Waals surface area contributed by atoms with Gasteiger partial charge in [0.1, 0.15) is 11.2 Å². The molecule has 0 amide bonds. The Morgan fingerprint density at radius 2 is 1.06 bits per heavy atom. The van der Waals surface area contributed by atoms with Crippen LogP contribution in [0, 0.1) is 11.8 Å². The number of carbonyl (C=O) groups excluding carboxylic acids is 2. The van der Waals surface area contributed by atoms with Gasteiger partial charge in [-0.15, -0.1) is 0 Å². The molecule has 0 saturated carbocycles. The molecule has 0 aliphatic heterocycles. The topological polar surface area (TPSA) is 121 Å². The highest BCUT2D eigenvalue weighted by Gasteiger charge is 2.55. The van der Waals surface area contributed by atoms with Crippen LogP contribution in [0.2, 0.25) is 0 Å². The highest BCUT2D eigenvalue weighted by atomic mass is 16.5. The van der Waals surface area contributed by atoms with Crippen molar-refractivity contribution in [2.75, 3.05) is 0 Å². The second-order valence-electron chi connectivity index (χ2n) is 4.42. The van der Waals surface area contributed by atoms with E-state index in [2.05, 4.69) is 0 Å². The fraction of sp³-hybridized carbons (Fsp3) is 0.800. The zero-order valence-corrected chi connectivity index (χ0v) is 9.68. The molecule has 0 rings (SSSR count). The normalized spacial score (nSPS) is 19.2. The summed E-state index contributed by atoms with van der Waals surface area (Å²) >= 11 is 0. The van der Waals surface area contributed by atoms with Crippen LogP contribution in [0.15, 0.2) is 0 Å². The molecule has 2 atom stereocenters. The number of aliphatic carboxylic acids is 2. The highest BCUT2D eigenvalue weighted by molar-refractivity contribution is 5.89. The summed E-state index contributed by atoms with van der Waals surface area (Å²) < 4.78 is 0. The van der Waals surface area contributed by atoms with Crippen molar-refractivity contribution in [1.29, 1.82) is 0 Å². The molecule has 0 aliphatic rings. The third kappa shape index (κ3) is 1.78. The maximum atomic E-state index is 10.9. The summed E-state index contributed by atoms with van der Waals surface area (Å²) in [6, 6.07) is 0. The van der Waals surface area contributed by atoms with Gasteiger partial charge in [0, 0.05) is 0 Å². The van der Waals surface area contributed by atoms with E-state index < -0.39 is 35.0 Å². The lowest BCUT2D eigenvalue weighted by molar-refractivity contribution is -0.366. The van der Waals surface area contributed by atoms with Crippen LogP contribution in [-0.2, 0) is 9.59 Å². The van der Waals surface area contributed by atoms with Crippen molar-refractivity contribution >= 4 is 11.9 Å². The van der Waals surface area contributed by atoms with Crippen molar-refractivity contribution in [3.05, 3.63) is 0 Å². The van der Waals surface area contributed by atoms with Gasteiger partial charge in [-0.2, -0.15) is 0 Å². The third-order valence-electron chi connectivity index (χ3n) is 2.87. The molecule has 0 aromatic heterocycles. The summed E-state index contributed by atoms with van der Waals surface area (Å²) in [6.07, 6.45) is 0. The zero-order chi connectivity index (χ0) is 13.3. The number of carboxylic acids is 2. The Kier molecular flexibility index (Phi) is 4.07. The minimum atomic E-state index is -2.90. The van der Waals surface area contributed by atoms with E-state index in [1.807, 2.05) is 0 Å². The Balaban J connectivity index is 5.84. The third-order valence-corrected chi connectivity index (χ3v) is 2.87. The van der Waals surface area contributed by atoms with Crippen molar-refractivity contribution in [3.8, 4) is 0 Å². The van der Waals surface area contributed by atoms with E-state index in [4.69, 9.17) is 0 Å². The summed E-state index contributed by atoms with van der Waals surface area (Å²) in [4.78, 5) is 21.8. The fourth-order valence-corrected chi connectivity index (χ4v) is 1.66. The Labute approximate surface area is 93.5 Å². The molecule has 0 aromatic carbocycles. The van der Waals surface area contributed by atoms with Gasteiger partial charge >= 0.3 is 0 Å². The van der Waals surface area contributed by atoms with E-state index in [1.165, 1.54) is 27.7 Å². The van der Waals surface area contributed by atoms with Crippen molar-refractivity contribution in [2.45, 2.75) is 38.9 Å². The number of rotatable bonds is 5. The van der Waals surface area contributed by atoms with Gasteiger partial charge in [0.2, 0.25) is 0 Å². The molecule has 0 heterocycles. The number of aliphatic hydroxyl groups is 2. The van der Waals surface area contributed by atoms with E-state index in [0.29, 0.717) is 0 Å². The smallest absolute Gasteiger partial charge is 0.140 e. The molecule has 16 heavy (non-hydrogen) atoms. The lowest BCUT2D eigenvalue weighted by atomic mass is 9.69. The first kappa shape index (κ1) is 14.9. The second kappa shape index (κ2) is 4.39. The molecular formula is C10H16O6-2. The fourth-order valence-electron chi connectivity index (χ4n) is 1.66. The summed E-state index contributed by atoms with van der Waals surface area (Å²) in [7, 11) is 0. The Hall–Kier alpha value is -1.14. The molecule has 0 aliphatic carbocycles. The lowest BCUT2D eigenvalue weighted by Gasteiger charge is -2.49. The molecule has 0 aromatic rings. The quantitative estimate of drug-likeness (QED) is 0.530. The number of hydrogen-bond donors (Lipinski definition) is 2. The largest absolute Gasteiger partial charge is 0.547 e. The predicted molar refractivity (Wildman–Crippen MR) is 49.6 cm³/mol. The first-order valence-corrected chi connectivity index (χ1v) is 4.90.